The topological polar surface area (TPSA) is 55.8 Å². The fourth-order valence-corrected chi connectivity index (χ4v) is 4.79. The van der Waals surface area contributed by atoms with Crippen LogP contribution < -0.4 is 4.74 Å². The van der Waals surface area contributed by atoms with Crippen LogP contribution in [0.3, 0.4) is 0 Å². The van der Waals surface area contributed by atoms with Crippen LogP contribution in [0, 0.1) is 5.92 Å². The fraction of sp³-hybridized carbons (Fsp3) is 0.333. The molecule has 32 heavy (non-hydrogen) atoms. The van der Waals surface area contributed by atoms with E-state index in [0.29, 0.717) is 12.0 Å². The molecule has 1 fully saturated rings. The van der Waals surface area contributed by atoms with Crippen LogP contribution in [-0.2, 0) is 16.0 Å². The molecule has 5 heteroatoms. The molecule has 4 rings (SSSR count). The number of nitrogens with zero attached hydrogens (tertiary/aromatic N) is 1. The molecule has 1 saturated heterocycles. The Hall–Kier alpha value is -3.34. The van der Waals surface area contributed by atoms with Crippen LogP contribution >= 0.6 is 0 Å². The van der Waals surface area contributed by atoms with E-state index in [1.54, 1.807) is 25.9 Å². The zero-order valence-electron chi connectivity index (χ0n) is 19.2. The molecule has 1 aliphatic rings. The minimum atomic E-state index is -1.13. The van der Waals surface area contributed by atoms with E-state index in [1.165, 1.54) is 0 Å². The first-order valence-corrected chi connectivity index (χ1v) is 10.9. The summed E-state index contributed by atoms with van der Waals surface area (Å²) in [6.45, 7) is 7.50. The summed E-state index contributed by atoms with van der Waals surface area (Å²) < 4.78 is 11.1. The second-order valence-corrected chi connectivity index (χ2v) is 9.11. The summed E-state index contributed by atoms with van der Waals surface area (Å²) in [5, 5.41) is 1.84. The summed E-state index contributed by atoms with van der Waals surface area (Å²) in [6, 6.07) is 21.1. The Morgan fingerprint density at radius 1 is 1.00 bits per heavy atom. The molecule has 0 aromatic heterocycles. The van der Waals surface area contributed by atoms with Crippen LogP contribution in [0.25, 0.3) is 10.8 Å². The van der Waals surface area contributed by atoms with E-state index in [2.05, 4.69) is 0 Å². The molecule has 0 spiro atoms. The van der Waals surface area contributed by atoms with Crippen LogP contribution in [0.4, 0.5) is 0 Å². The van der Waals surface area contributed by atoms with Crippen molar-refractivity contribution in [2.24, 2.45) is 5.92 Å². The highest BCUT2D eigenvalue weighted by Gasteiger charge is 2.62. The predicted molar refractivity (Wildman–Crippen MR) is 125 cm³/mol. The predicted octanol–water partition coefficient (Wildman–Crippen LogP) is 5.22. The molecule has 3 aromatic rings. The average Bonchev–Trinajstić information content (AvgIpc) is 2.98. The number of benzene rings is 3. The van der Waals surface area contributed by atoms with Gasteiger partial charge in [-0.3, -0.25) is 9.69 Å². The van der Waals surface area contributed by atoms with Crippen molar-refractivity contribution in [3.63, 3.8) is 0 Å². The molecule has 0 bridgehead atoms. The van der Waals surface area contributed by atoms with Crippen molar-refractivity contribution in [2.45, 2.75) is 45.4 Å². The lowest BCUT2D eigenvalue weighted by molar-refractivity contribution is -0.150. The third kappa shape index (κ3) is 3.42. The summed E-state index contributed by atoms with van der Waals surface area (Å²) in [5.41, 5.74) is -0.715. The Labute approximate surface area is 188 Å². The molecule has 166 valence electrons. The number of fused-ring (bicyclic) bond motifs is 1. The van der Waals surface area contributed by atoms with E-state index in [4.69, 9.17) is 9.47 Å². The van der Waals surface area contributed by atoms with Gasteiger partial charge in [0.15, 0.2) is 11.3 Å². The minimum Gasteiger partial charge on any atom is -0.497 e. The number of hydrogen-bond acceptors (Lipinski definition) is 4. The van der Waals surface area contributed by atoms with Gasteiger partial charge in [0.05, 0.1) is 7.11 Å². The van der Waals surface area contributed by atoms with Gasteiger partial charge in [-0.25, -0.2) is 4.79 Å². The van der Waals surface area contributed by atoms with Crippen LogP contribution in [0.15, 0.2) is 66.7 Å². The zero-order valence-corrected chi connectivity index (χ0v) is 19.2. The number of cyclic esters (lactones) is 1. The molecule has 1 atom stereocenters. The van der Waals surface area contributed by atoms with Gasteiger partial charge >= 0.3 is 5.97 Å². The van der Waals surface area contributed by atoms with E-state index in [-0.39, 0.29) is 17.8 Å². The maximum Gasteiger partial charge on any atom is 0.334 e. The molecule has 0 unspecified atom stereocenters. The van der Waals surface area contributed by atoms with Gasteiger partial charge in [0.1, 0.15) is 5.75 Å². The van der Waals surface area contributed by atoms with Gasteiger partial charge < -0.3 is 9.47 Å². The number of rotatable bonds is 5. The molecule has 0 N–H and O–H groups in total. The van der Waals surface area contributed by atoms with E-state index < -0.39 is 11.3 Å². The molecule has 1 aliphatic heterocycles. The van der Waals surface area contributed by atoms with Crippen molar-refractivity contribution in [3.8, 4) is 5.75 Å². The molecule has 0 radical (unpaired) electrons. The first kappa shape index (κ1) is 21.9. The molecule has 1 amide bonds. The number of ether oxygens (including phenoxy) is 2. The van der Waals surface area contributed by atoms with Crippen molar-refractivity contribution in [1.82, 2.24) is 4.90 Å². The molecule has 0 saturated carbocycles. The van der Waals surface area contributed by atoms with E-state index in [0.717, 1.165) is 22.1 Å². The van der Waals surface area contributed by atoms with Gasteiger partial charge in [0.2, 0.25) is 0 Å². The van der Waals surface area contributed by atoms with Crippen molar-refractivity contribution >= 4 is 22.6 Å². The van der Waals surface area contributed by atoms with E-state index >= 15 is 0 Å². The molecule has 1 heterocycles. The van der Waals surface area contributed by atoms with E-state index in [1.807, 2.05) is 80.6 Å². The van der Waals surface area contributed by atoms with Crippen LogP contribution in [0.5, 0.6) is 5.75 Å². The second-order valence-electron chi connectivity index (χ2n) is 9.11. The number of carbonyl (C=O) groups excluding carboxylic acids is 2. The summed E-state index contributed by atoms with van der Waals surface area (Å²) in [5.74, 6) is -0.00932. The number of esters is 1. The third-order valence-electron chi connectivity index (χ3n) is 6.44. The molecular formula is C27H29NO4. The molecular weight excluding hydrogens is 402 g/mol. The van der Waals surface area contributed by atoms with Gasteiger partial charge in [0, 0.05) is 12.0 Å². The van der Waals surface area contributed by atoms with Gasteiger partial charge in [-0.05, 0) is 54.3 Å². The van der Waals surface area contributed by atoms with Gasteiger partial charge in [-0.2, -0.15) is 0 Å². The summed E-state index contributed by atoms with van der Waals surface area (Å²) in [6.07, 6.45) is 0.355. The molecule has 0 aliphatic carbocycles. The minimum absolute atomic E-state index is 0.169. The largest absolute Gasteiger partial charge is 0.497 e. The molecule has 5 nitrogen and oxygen atoms in total. The first-order valence-electron chi connectivity index (χ1n) is 10.9. The van der Waals surface area contributed by atoms with Gasteiger partial charge in [0.25, 0.3) is 5.91 Å². The van der Waals surface area contributed by atoms with Crippen LogP contribution in [0.2, 0.25) is 0 Å². The number of hydrogen-bond donors (Lipinski definition) is 0. The third-order valence-corrected chi connectivity index (χ3v) is 6.44. The van der Waals surface area contributed by atoms with Gasteiger partial charge in [-0.1, -0.05) is 62.4 Å². The SMILES string of the molecule is COc1ccc(C[C@]2(C(C)C)C(=O)OC(C)(C)N2C(=O)c2cccc3ccccc23)cc1. The van der Waals surface area contributed by atoms with Crippen LogP contribution in [0.1, 0.15) is 43.6 Å². The Morgan fingerprint density at radius 2 is 1.66 bits per heavy atom. The number of carbonyl (C=O) groups is 2. The number of methoxy groups -OCH3 is 1. The highest BCUT2D eigenvalue weighted by molar-refractivity contribution is 6.09. The number of amides is 1. The van der Waals surface area contributed by atoms with Crippen molar-refractivity contribution < 1.29 is 19.1 Å². The first-order chi connectivity index (χ1) is 15.2. The lowest BCUT2D eigenvalue weighted by atomic mass is 9.78. The van der Waals surface area contributed by atoms with Crippen molar-refractivity contribution in [1.29, 1.82) is 0 Å². The highest BCUT2D eigenvalue weighted by atomic mass is 16.6. The standard InChI is InChI=1S/C27H29NO4/c1-18(2)27(17-19-13-15-21(31-5)16-14-19)25(30)32-26(3,4)28(27)24(29)23-12-8-10-20-9-6-7-11-22(20)23/h6-16,18H,17H2,1-5H3/t27-/m0/s1. The maximum atomic E-state index is 14.1. The zero-order chi connectivity index (χ0) is 23.1. The lowest BCUT2D eigenvalue weighted by Gasteiger charge is -2.42. The maximum absolute atomic E-state index is 14.1. The van der Waals surface area contributed by atoms with Crippen molar-refractivity contribution in [2.75, 3.05) is 7.11 Å². The quantitative estimate of drug-likeness (QED) is 0.520. The molecule has 3 aromatic carbocycles. The fourth-order valence-electron chi connectivity index (χ4n) is 4.79. The van der Waals surface area contributed by atoms with Crippen LogP contribution in [-0.4, -0.2) is 35.2 Å². The average molecular weight is 432 g/mol. The normalized spacial score (nSPS) is 19.9. The Morgan fingerprint density at radius 3 is 2.31 bits per heavy atom. The van der Waals surface area contributed by atoms with E-state index in [9.17, 15) is 9.59 Å². The summed E-state index contributed by atoms with van der Waals surface area (Å²) in [4.78, 5) is 29.2. The lowest BCUT2D eigenvalue weighted by Crippen LogP contribution is -2.60. The van der Waals surface area contributed by atoms with Gasteiger partial charge in [-0.15, -0.1) is 0 Å². The second kappa shape index (κ2) is 7.97. The Balaban J connectivity index is 1.85. The summed E-state index contributed by atoms with van der Waals surface area (Å²) >= 11 is 0. The monoisotopic (exact) mass is 431 g/mol. The Bertz CT molecular complexity index is 1160. The summed E-state index contributed by atoms with van der Waals surface area (Å²) in [7, 11) is 1.62. The highest BCUT2D eigenvalue weighted by Crippen LogP contribution is 2.44. The Kier molecular flexibility index (Phi) is 5.45. The van der Waals surface area contributed by atoms with Crippen molar-refractivity contribution in [3.05, 3.63) is 77.9 Å². The smallest absolute Gasteiger partial charge is 0.334 e.